The van der Waals surface area contributed by atoms with Crippen molar-refractivity contribution in [1.82, 2.24) is 0 Å². The van der Waals surface area contributed by atoms with Gasteiger partial charge in [0.05, 0.1) is 14.2 Å². The van der Waals surface area contributed by atoms with Gasteiger partial charge in [0, 0.05) is 5.56 Å². The number of halogens is 3. The summed E-state index contributed by atoms with van der Waals surface area (Å²) in [5.74, 6) is -4.45. The number of carbonyl (C=O) groups is 1. The van der Waals surface area contributed by atoms with Crippen molar-refractivity contribution in [3.05, 3.63) is 22.8 Å². The maximum atomic E-state index is 13.7. The zero-order valence-corrected chi connectivity index (χ0v) is 10.3. The normalized spacial score (nSPS) is 10.3. The zero-order valence-electron chi connectivity index (χ0n) is 10.3. The fourth-order valence-electron chi connectivity index (χ4n) is 1.77. The monoisotopic (exact) mass is 262 g/mol. The first kappa shape index (κ1) is 14.3. The van der Waals surface area contributed by atoms with Gasteiger partial charge in [-0.2, -0.15) is 4.39 Å². The van der Waals surface area contributed by atoms with Crippen molar-refractivity contribution in [2.75, 3.05) is 20.9 Å². The van der Waals surface area contributed by atoms with Crippen LogP contribution in [0.15, 0.2) is 0 Å². The average Bonchev–Trinajstić information content (AvgIpc) is 2.39. The maximum absolute atomic E-state index is 13.7. The van der Waals surface area contributed by atoms with Crippen molar-refractivity contribution in [1.29, 1.82) is 0 Å². The van der Waals surface area contributed by atoms with Crippen LogP contribution < -0.4 is 9.47 Å². The molecule has 1 aromatic carbocycles. The number of hydrogen-bond donors (Lipinski definition) is 0. The molecule has 0 heterocycles. The van der Waals surface area contributed by atoms with Crippen LogP contribution in [0.4, 0.5) is 13.2 Å². The molecule has 0 unspecified atom stereocenters. The highest BCUT2D eigenvalue weighted by Crippen LogP contribution is 2.38. The summed E-state index contributed by atoms with van der Waals surface area (Å²) in [5.41, 5.74) is -0.522. The number of hydrogen-bond acceptors (Lipinski definition) is 3. The summed E-state index contributed by atoms with van der Waals surface area (Å²) in [4.78, 5) is 11.3. The Morgan fingerprint density at radius 1 is 1.11 bits per heavy atom. The molecule has 6 heteroatoms. The minimum Gasteiger partial charge on any atom is -0.495 e. The summed E-state index contributed by atoms with van der Waals surface area (Å²) >= 11 is 0. The van der Waals surface area contributed by atoms with E-state index in [1.807, 2.05) is 0 Å². The molecule has 0 aliphatic carbocycles. The third-order valence-corrected chi connectivity index (χ3v) is 2.55. The summed E-state index contributed by atoms with van der Waals surface area (Å²) < 4.78 is 49.5. The topological polar surface area (TPSA) is 35.5 Å². The summed E-state index contributed by atoms with van der Waals surface area (Å²) in [6, 6.07) is 0. The first-order valence-corrected chi connectivity index (χ1v) is 5.24. The molecule has 3 nitrogen and oxygen atoms in total. The second kappa shape index (κ2) is 5.75. The van der Waals surface area contributed by atoms with E-state index in [9.17, 15) is 18.0 Å². The Labute approximate surface area is 103 Å². The van der Waals surface area contributed by atoms with Crippen LogP contribution in [0.25, 0.3) is 0 Å². The van der Waals surface area contributed by atoms with Crippen LogP contribution in [-0.4, -0.2) is 26.7 Å². The van der Waals surface area contributed by atoms with Crippen molar-refractivity contribution in [2.45, 2.75) is 13.3 Å². The van der Waals surface area contributed by atoms with E-state index in [-0.39, 0.29) is 23.5 Å². The predicted octanol–water partition coefficient (Wildman–Crippen LogP) is 2.70. The van der Waals surface area contributed by atoms with Crippen LogP contribution in [0.1, 0.15) is 22.8 Å². The zero-order chi connectivity index (χ0) is 13.9. The van der Waals surface area contributed by atoms with Gasteiger partial charge in [0.25, 0.3) is 0 Å². The first-order chi connectivity index (χ1) is 8.53. The van der Waals surface area contributed by atoms with E-state index in [1.54, 1.807) is 6.92 Å². The maximum Gasteiger partial charge on any atom is 0.201 e. The molecule has 0 N–H and O–H groups in total. The molecule has 0 saturated heterocycles. The highest BCUT2D eigenvalue weighted by Gasteiger charge is 2.28. The first-order valence-electron chi connectivity index (χ1n) is 5.24. The number of Topliss-reactive ketones (excluding diaryl/α,β-unsaturated/α-hetero) is 1. The van der Waals surface area contributed by atoms with Gasteiger partial charge >= 0.3 is 0 Å². The lowest BCUT2D eigenvalue weighted by atomic mass is 10.0. The van der Waals surface area contributed by atoms with Crippen molar-refractivity contribution in [2.24, 2.45) is 0 Å². The number of methoxy groups -OCH3 is 2. The van der Waals surface area contributed by atoms with Gasteiger partial charge in [-0.1, -0.05) is 6.92 Å². The van der Waals surface area contributed by atoms with Gasteiger partial charge in [-0.05, 0) is 6.42 Å². The predicted molar refractivity (Wildman–Crippen MR) is 59.1 cm³/mol. The molecule has 0 radical (unpaired) electrons. The number of carbonyl (C=O) groups excluding carboxylic acids is 1. The van der Waals surface area contributed by atoms with Gasteiger partial charge in [0.2, 0.25) is 11.6 Å². The molecule has 0 aliphatic heterocycles. The van der Waals surface area contributed by atoms with E-state index in [2.05, 4.69) is 0 Å². The lowest BCUT2D eigenvalue weighted by Crippen LogP contribution is -2.12. The van der Waals surface area contributed by atoms with E-state index >= 15 is 0 Å². The van der Waals surface area contributed by atoms with Crippen molar-refractivity contribution in [3.63, 3.8) is 0 Å². The smallest absolute Gasteiger partial charge is 0.201 e. The molecular weight excluding hydrogens is 249 g/mol. The fraction of sp³-hybridized carbons (Fsp3) is 0.417. The minimum absolute atomic E-state index is 0.184. The molecule has 0 spiro atoms. The highest BCUT2D eigenvalue weighted by molar-refractivity contribution is 6.00. The molecule has 0 saturated carbocycles. The van der Waals surface area contributed by atoms with E-state index < -0.39 is 29.7 Å². The molecule has 1 aromatic rings. The van der Waals surface area contributed by atoms with Crippen LogP contribution in [0.3, 0.4) is 0 Å². The molecule has 0 aromatic heterocycles. The Morgan fingerprint density at radius 3 is 2.06 bits per heavy atom. The summed E-state index contributed by atoms with van der Waals surface area (Å²) in [5, 5.41) is 0. The molecule has 0 bridgehead atoms. The molecule has 0 atom stereocenters. The molecular formula is C12H13F3O3. The largest absolute Gasteiger partial charge is 0.495 e. The third-order valence-electron chi connectivity index (χ3n) is 2.55. The summed E-state index contributed by atoms with van der Waals surface area (Å²) in [6.45, 7) is 0.226. The van der Waals surface area contributed by atoms with E-state index in [1.165, 1.54) is 14.2 Å². The molecule has 100 valence electrons. The minimum atomic E-state index is -1.46. The lowest BCUT2D eigenvalue weighted by molar-refractivity contribution is 0.0949. The second-order valence-corrected chi connectivity index (χ2v) is 3.46. The van der Waals surface area contributed by atoms with Gasteiger partial charge in [-0.25, -0.2) is 8.78 Å². The van der Waals surface area contributed by atoms with Crippen LogP contribution in [0.2, 0.25) is 0 Å². The van der Waals surface area contributed by atoms with Crippen LogP contribution in [-0.2, 0) is 6.42 Å². The van der Waals surface area contributed by atoms with Crippen LogP contribution in [0.5, 0.6) is 11.5 Å². The van der Waals surface area contributed by atoms with Gasteiger partial charge in [0.1, 0.15) is 11.3 Å². The molecule has 1 rings (SSSR count). The Bertz CT molecular complexity index is 472. The van der Waals surface area contributed by atoms with Gasteiger partial charge in [-0.3, -0.25) is 4.79 Å². The standard InChI is InChI=1S/C12H13F3O3/c1-4-6-11(17-2)8(7(16)5-13)9(14)10(15)12(6)18-3/h4-5H2,1-3H3. The van der Waals surface area contributed by atoms with Gasteiger partial charge in [0.15, 0.2) is 18.2 Å². The quantitative estimate of drug-likeness (QED) is 0.765. The van der Waals surface area contributed by atoms with Crippen molar-refractivity contribution >= 4 is 5.78 Å². The van der Waals surface area contributed by atoms with E-state index in [0.29, 0.717) is 0 Å². The summed E-state index contributed by atoms with van der Waals surface area (Å²) in [6.07, 6.45) is 0.246. The SMILES string of the molecule is CCc1c(OC)c(F)c(F)c(C(=O)CF)c1OC. The number of benzene rings is 1. The Kier molecular flexibility index (Phi) is 4.58. The average molecular weight is 262 g/mol. The number of ether oxygens (including phenoxy) is 2. The van der Waals surface area contributed by atoms with Crippen molar-refractivity contribution in [3.8, 4) is 11.5 Å². The Hall–Kier alpha value is -1.72. The fourth-order valence-corrected chi connectivity index (χ4v) is 1.77. The number of alkyl halides is 1. The summed E-state index contributed by atoms with van der Waals surface area (Å²) in [7, 11) is 2.37. The molecule has 0 fully saturated rings. The Morgan fingerprint density at radius 2 is 1.67 bits per heavy atom. The molecule has 18 heavy (non-hydrogen) atoms. The second-order valence-electron chi connectivity index (χ2n) is 3.46. The van der Waals surface area contributed by atoms with Crippen LogP contribution >= 0.6 is 0 Å². The van der Waals surface area contributed by atoms with E-state index in [4.69, 9.17) is 9.47 Å². The molecule has 0 aliphatic rings. The van der Waals surface area contributed by atoms with E-state index in [0.717, 1.165) is 0 Å². The van der Waals surface area contributed by atoms with Crippen molar-refractivity contribution < 1.29 is 27.4 Å². The number of rotatable bonds is 5. The lowest BCUT2D eigenvalue weighted by Gasteiger charge is -2.16. The highest BCUT2D eigenvalue weighted by atomic mass is 19.2. The third kappa shape index (κ3) is 2.14. The Balaban J connectivity index is 3.71. The van der Waals surface area contributed by atoms with Gasteiger partial charge < -0.3 is 9.47 Å². The molecule has 0 amide bonds. The van der Waals surface area contributed by atoms with Gasteiger partial charge in [-0.15, -0.1) is 0 Å². The van der Waals surface area contributed by atoms with Crippen LogP contribution in [0, 0.1) is 11.6 Å². The number of ketones is 1.